The molecule has 0 spiro atoms. The van der Waals surface area contributed by atoms with Gasteiger partial charge in [-0.2, -0.15) is 11.8 Å². The van der Waals surface area contributed by atoms with E-state index >= 15 is 0 Å². The molecular formula is C14H21F3N2OS. The Morgan fingerprint density at radius 3 is 2.38 bits per heavy atom. The zero-order chi connectivity index (χ0) is 15.9. The highest BCUT2D eigenvalue weighted by molar-refractivity contribution is 7.99. The normalized spacial score (nSPS) is 14.8. The topological polar surface area (TPSA) is 47.3 Å². The van der Waals surface area contributed by atoms with E-state index in [1.807, 2.05) is 11.8 Å². The lowest BCUT2D eigenvalue weighted by molar-refractivity contribution is -0.274. The standard InChI is InChI=1S/C14H21F3N2OS/c1-3-10(2)21-9-12(19-18)8-11-4-6-13(7-5-11)20-14(15,16)17/h4-7,10,12,19H,3,8-9,18H2,1-2H3. The van der Waals surface area contributed by atoms with Crippen molar-refractivity contribution in [2.75, 3.05) is 5.75 Å². The Bertz CT molecular complexity index is 412. The molecule has 0 aliphatic rings. The van der Waals surface area contributed by atoms with Crippen LogP contribution in [-0.2, 0) is 6.42 Å². The fourth-order valence-corrected chi connectivity index (χ4v) is 2.69. The first-order valence-electron chi connectivity index (χ1n) is 6.76. The summed E-state index contributed by atoms with van der Waals surface area (Å²) in [6.07, 6.45) is -2.91. The number of hydrazine groups is 1. The predicted octanol–water partition coefficient (Wildman–Crippen LogP) is 3.49. The Balaban J connectivity index is 2.53. The van der Waals surface area contributed by atoms with Gasteiger partial charge in [0.05, 0.1) is 0 Å². The molecule has 0 saturated carbocycles. The molecule has 0 bridgehead atoms. The number of nitrogens with one attached hydrogen (secondary N) is 1. The van der Waals surface area contributed by atoms with Gasteiger partial charge in [0.25, 0.3) is 0 Å². The molecule has 1 rings (SSSR count). The van der Waals surface area contributed by atoms with Crippen molar-refractivity contribution in [3.05, 3.63) is 29.8 Å². The number of ether oxygens (including phenoxy) is 1. The first kappa shape index (κ1) is 18.1. The summed E-state index contributed by atoms with van der Waals surface area (Å²) in [5.41, 5.74) is 3.66. The van der Waals surface area contributed by atoms with E-state index in [0.29, 0.717) is 11.7 Å². The zero-order valence-corrected chi connectivity index (χ0v) is 12.9. The maximum absolute atomic E-state index is 12.1. The van der Waals surface area contributed by atoms with Gasteiger partial charge >= 0.3 is 6.36 Å². The van der Waals surface area contributed by atoms with E-state index in [9.17, 15) is 13.2 Å². The van der Waals surface area contributed by atoms with Crippen LogP contribution in [0, 0.1) is 0 Å². The summed E-state index contributed by atoms with van der Waals surface area (Å²) in [6.45, 7) is 4.28. The van der Waals surface area contributed by atoms with Crippen molar-refractivity contribution in [1.29, 1.82) is 0 Å². The second kappa shape index (κ2) is 8.51. The number of halogens is 3. The van der Waals surface area contributed by atoms with Gasteiger partial charge in [-0.05, 0) is 30.5 Å². The van der Waals surface area contributed by atoms with Crippen molar-refractivity contribution >= 4 is 11.8 Å². The molecular weight excluding hydrogens is 301 g/mol. The van der Waals surface area contributed by atoms with Crippen LogP contribution in [0.3, 0.4) is 0 Å². The van der Waals surface area contributed by atoms with Gasteiger partial charge < -0.3 is 4.74 Å². The smallest absolute Gasteiger partial charge is 0.406 e. The Morgan fingerprint density at radius 2 is 1.90 bits per heavy atom. The van der Waals surface area contributed by atoms with Gasteiger partial charge in [-0.15, -0.1) is 13.2 Å². The summed E-state index contributed by atoms with van der Waals surface area (Å²) < 4.78 is 40.0. The first-order valence-corrected chi connectivity index (χ1v) is 7.81. The minimum absolute atomic E-state index is 0.0818. The third kappa shape index (κ3) is 7.59. The van der Waals surface area contributed by atoms with Crippen molar-refractivity contribution in [2.45, 2.75) is 44.3 Å². The van der Waals surface area contributed by atoms with Crippen LogP contribution in [0.15, 0.2) is 24.3 Å². The average molecular weight is 322 g/mol. The number of hydrogen-bond acceptors (Lipinski definition) is 4. The van der Waals surface area contributed by atoms with Crippen LogP contribution in [0.5, 0.6) is 5.75 Å². The molecule has 2 atom stereocenters. The van der Waals surface area contributed by atoms with Crippen molar-refractivity contribution in [3.63, 3.8) is 0 Å². The molecule has 1 aromatic carbocycles. The molecule has 0 aliphatic heterocycles. The molecule has 0 amide bonds. The number of thioether (sulfide) groups is 1. The maximum atomic E-state index is 12.1. The summed E-state index contributed by atoms with van der Waals surface area (Å²) in [4.78, 5) is 0. The van der Waals surface area contributed by atoms with Crippen molar-refractivity contribution < 1.29 is 17.9 Å². The lowest BCUT2D eigenvalue weighted by Crippen LogP contribution is -2.39. The van der Waals surface area contributed by atoms with Crippen molar-refractivity contribution in [2.24, 2.45) is 5.84 Å². The van der Waals surface area contributed by atoms with Crippen LogP contribution in [0.1, 0.15) is 25.8 Å². The molecule has 3 N–H and O–H groups in total. The monoisotopic (exact) mass is 322 g/mol. The Hall–Kier alpha value is -0.920. The molecule has 7 heteroatoms. The predicted molar refractivity (Wildman–Crippen MR) is 80.2 cm³/mol. The first-order chi connectivity index (χ1) is 9.84. The summed E-state index contributed by atoms with van der Waals surface area (Å²) in [5.74, 6) is 6.17. The van der Waals surface area contributed by atoms with Crippen LogP contribution < -0.4 is 16.0 Å². The molecule has 0 fully saturated rings. The third-order valence-electron chi connectivity index (χ3n) is 3.03. The van der Waals surface area contributed by atoms with E-state index in [0.717, 1.165) is 17.7 Å². The highest BCUT2D eigenvalue weighted by Gasteiger charge is 2.30. The van der Waals surface area contributed by atoms with Gasteiger partial charge in [-0.1, -0.05) is 26.0 Å². The van der Waals surface area contributed by atoms with Gasteiger partial charge in [0.2, 0.25) is 0 Å². The average Bonchev–Trinajstić information content (AvgIpc) is 2.43. The summed E-state index contributed by atoms with van der Waals surface area (Å²) in [6, 6.07) is 5.97. The molecule has 0 aromatic heterocycles. The number of nitrogens with two attached hydrogens (primary N) is 1. The van der Waals surface area contributed by atoms with Gasteiger partial charge in [-0.25, -0.2) is 0 Å². The number of rotatable bonds is 8. The third-order valence-corrected chi connectivity index (χ3v) is 4.53. The summed E-state index contributed by atoms with van der Waals surface area (Å²) in [5, 5.41) is 0.559. The van der Waals surface area contributed by atoms with Gasteiger partial charge in [-0.3, -0.25) is 11.3 Å². The minimum Gasteiger partial charge on any atom is -0.406 e. The largest absolute Gasteiger partial charge is 0.573 e. The fraction of sp³-hybridized carbons (Fsp3) is 0.571. The van der Waals surface area contributed by atoms with Crippen LogP contribution in [0.2, 0.25) is 0 Å². The summed E-state index contributed by atoms with van der Waals surface area (Å²) >= 11 is 1.82. The van der Waals surface area contributed by atoms with E-state index in [1.165, 1.54) is 12.1 Å². The lowest BCUT2D eigenvalue weighted by Gasteiger charge is -2.18. The van der Waals surface area contributed by atoms with Crippen LogP contribution >= 0.6 is 11.8 Å². The van der Waals surface area contributed by atoms with Crippen molar-refractivity contribution in [3.8, 4) is 5.75 Å². The van der Waals surface area contributed by atoms with Crippen LogP contribution in [-0.4, -0.2) is 23.4 Å². The quantitative estimate of drug-likeness (QED) is 0.568. The van der Waals surface area contributed by atoms with Gasteiger partial charge in [0.15, 0.2) is 0 Å². The minimum atomic E-state index is -4.66. The van der Waals surface area contributed by atoms with E-state index < -0.39 is 6.36 Å². The Morgan fingerprint density at radius 1 is 1.29 bits per heavy atom. The van der Waals surface area contributed by atoms with E-state index in [2.05, 4.69) is 24.0 Å². The van der Waals surface area contributed by atoms with Crippen LogP contribution in [0.4, 0.5) is 13.2 Å². The SMILES string of the molecule is CCC(C)SCC(Cc1ccc(OC(F)(F)F)cc1)NN. The van der Waals surface area contributed by atoms with Crippen molar-refractivity contribution in [1.82, 2.24) is 5.43 Å². The molecule has 120 valence electrons. The summed E-state index contributed by atoms with van der Waals surface area (Å²) in [7, 11) is 0. The maximum Gasteiger partial charge on any atom is 0.573 e. The van der Waals surface area contributed by atoms with Crippen LogP contribution in [0.25, 0.3) is 0 Å². The Labute approximate surface area is 127 Å². The Kier molecular flexibility index (Phi) is 7.34. The highest BCUT2D eigenvalue weighted by atomic mass is 32.2. The molecule has 0 aliphatic carbocycles. The van der Waals surface area contributed by atoms with Gasteiger partial charge in [0, 0.05) is 17.0 Å². The highest BCUT2D eigenvalue weighted by Crippen LogP contribution is 2.23. The number of hydrogen-bond donors (Lipinski definition) is 2. The number of alkyl halides is 3. The molecule has 2 unspecified atom stereocenters. The molecule has 1 aromatic rings. The van der Waals surface area contributed by atoms with Gasteiger partial charge in [0.1, 0.15) is 5.75 Å². The van der Waals surface area contributed by atoms with E-state index in [1.54, 1.807) is 12.1 Å². The number of benzene rings is 1. The van der Waals surface area contributed by atoms with E-state index in [4.69, 9.17) is 5.84 Å². The second-order valence-electron chi connectivity index (χ2n) is 4.81. The molecule has 0 saturated heterocycles. The molecule has 0 heterocycles. The lowest BCUT2D eigenvalue weighted by atomic mass is 10.1. The molecule has 3 nitrogen and oxygen atoms in total. The van der Waals surface area contributed by atoms with E-state index in [-0.39, 0.29) is 11.8 Å². The molecule has 21 heavy (non-hydrogen) atoms. The molecule has 0 radical (unpaired) electrons. The fourth-order valence-electron chi connectivity index (χ4n) is 1.68. The zero-order valence-electron chi connectivity index (χ0n) is 12.1. The second-order valence-corrected chi connectivity index (χ2v) is 6.28.